The zero-order valence-corrected chi connectivity index (χ0v) is 23.2. The second-order valence-electron chi connectivity index (χ2n) is 9.91. The average Bonchev–Trinajstić information content (AvgIpc) is 3.35. The van der Waals surface area contributed by atoms with Crippen molar-refractivity contribution < 1.29 is 13.9 Å². The first-order chi connectivity index (χ1) is 19.0. The van der Waals surface area contributed by atoms with E-state index in [2.05, 4.69) is 20.1 Å². The van der Waals surface area contributed by atoms with Crippen molar-refractivity contribution in [3.05, 3.63) is 75.6 Å². The lowest BCUT2D eigenvalue weighted by Gasteiger charge is -2.39. The molecule has 7 nitrogen and oxygen atoms in total. The molecule has 1 aliphatic heterocycles. The SMILES string of the molecule is COc1ccc(NC(=O)C(c2ccc(F)c(Cl)c2)N2CCN(c3ncnc4sc5c(c34)CCCC5)CC2)cc1. The van der Waals surface area contributed by atoms with Crippen LogP contribution in [-0.2, 0) is 17.6 Å². The Balaban J connectivity index is 1.25. The number of piperazine rings is 1. The van der Waals surface area contributed by atoms with Crippen molar-refractivity contribution in [1.29, 1.82) is 0 Å². The Labute approximate surface area is 235 Å². The van der Waals surface area contributed by atoms with E-state index in [1.54, 1.807) is 61.2 Å². The number of carbonyl (C=O) groups excluding carboxylic acids is 1. The van der Waals surface area contributed by atoms with Gasteiger partial charge in [-0.05, 0) is 73.2 Å². The number of carbonyl (C=O) groups is 1. The highest BCUT2D eigenvalue weighted by atomic mass is 35.5. The third-order valence-corrected chi connectivity index (χ3v) is 9.07. The number of nitrogens with one attached hydrogen (secondary N) is 1. The summed E-state index contributed by atoms with van der Waals surface area (Å²) in [5, 5.41) is 4.21. The lowest BCUT2D eigenvalue weighted by Crippen LogP contribution is -2.50. The van der Waals surface area contributed by atoms with Crippen molar-refractivity contribution in [2.24, 2.45) is 0 Å². The lowest BCUT2D eigenvalue weighted by molar-refractivity contribution is -0.121. The summed E-state index contributed by atoms with van der Waals surface area (Å²) in [6.45, 7) is 2.68. The summed E-state index contributed by atoms with van der Waals surface area (Å²) in [4.78, 5) is 29.9. The Morgan fingerprint density at radius 3 is 2.59 bits per heavy atom. The molecule has 1 aliphatic carbocycles. The van der Waals surface area contributed by atoms with Crippen LogP contribution in [0.25, 0.3) is 10.2 Å². The number of hydrogen-bond donors (Lipinski definition) is 1. The van der Waals surface area contributed by atoms with Crippen LogP contribution in [-0.4, -0.2) is 54.1 Å². The van der Waals surface area contributed by atoms with Crippen LogP contribution in [0.15, 0.2) is 48.8 Å². The second-order valence-corrected chi connectivity index (χ2v) is 11.4. The fourth-order valence-electron chi connectivity index (χ4n) is 5.60. The van der Waals surface area contributed by atoms with Gasteiger partial charge in [0, 0.05) is 36.7 Å². The topological polar surface area (TPSA) is 70.6 Å². The highest BCUT2D eigenvalue weighted by Gasteiger charge is 2.32. The zero-order chi connectivity index (χ0) is 26.9. The highest BCUT2D eigenvalue weighted by molar-refractivity contribution is 7.19. The van der Waals surface area contributed by atoms with E-state index in [9.17, 15) is 9.18 Å². The minimum Gasteiger partial charge on any atom is -0.497 e. The minimum atomic E-state index is -0.633. The maximum atomic E-state index is 14.0. The molecule has 0 saturated carbocycles. The number of aryl methyl sites for hydroxylation is 2. The van der Waals surface area contributed by atoms with Crippen LogP contribution in [0.5, 0.6) is 5.75 Å². The van der Waals surface area contributed by atoms with Gasteiger partial charge >= 0.3 is 0 Å². The summed E-state index contributed by atoms with van der Waals surface area (Å²) in [5.41, 5.74) is 2.72. The van der Waals surface area contributed by atoms with Gasteiger partial charge in [-0.25, -0.2) is 14.4 Å². The molecule has 202 valence electrons. The lowest BCUT2D eigenvalue weighted by atomic mass is 9.97. The maximum Gasteiger partial charge on any atom is 0.246 e. The van der Waals surface area contributed by atoms with Crippen molar-refractivity contribution in [3.8, 4) is 5.75 Å². The summed E-state index contributed by atoms with van der Waals surface area (Å²) in [7, 11) is 1.60. The van der Waals surface area contributed by atoms with E-state index < -0.39 is 11.9 Å². The number of anilines is 2. The molecule has 3 heterocycles. The van der Waals surface area contributed by atoms with E-state index in [1.807, 2.05) is 0 Å². The van der Waals surface area contributed by atoms with Crippen molar-refractivity contribution in [2.75, 3.05) is 43.5 Å². The van der Waals surface area contributed by atoms with E-state index in [0.29, 0.717) is 43.2 Å². The smallest absolute Gasteiger partial charge is 0.246 e. The van der Waals surface area contributed by atoms with Crippen LogP contribution >= 0.6 is 22.9 Å². The first kappa shape index (κ1) is 26.0. The predicted molar refractivity (Wildman–Crippen MR) is 154 cm³/mol. The number of fused-ring (bicyclic) bond motifs is 3. The van der Waals surface area contributed by atoms with Gasteiger partial charge in [0.1, 0.15) is 34.6 Å². The first-order valence-electron chi connectivity index (χ1n) is 13.2. The van der Waals surface area contributed by atoms with Crippen LogP contribution in [0.2, 0.25) is 5.02 Å². The number of ether oxygens (including phenoxy) is 1. The van der Waals surface area contributed by atoms with E-state index in [0.717, 1.165) is 23.5 Å². The van der Waals surface area contributed by atoms with E-state index in [1.165, 1.54) is 34.7 Å². The number of nitrogens with zero attached hydrogens (tertiary/aromatic N) is 4. The standard InChI is InChI=1S/C29H29ClFN5O2S/c1-38-20-9-7-19(8-10-20)34-28(37)26(18-6-11-23(31)22(30)16-18)35-12-14-36(15-13-35)27-25-21-4-2-3-5-24(21)39-29(25)33-17-32-27/h6-11,16-17,26H,2-5,12-15H2,1H3,(H,34,37). The Bertz CT molecular complexity index is 1500. The first-order valence-corrected chi connectivity index (χ1v) is 14.4. The predicted octanol–water partition coefficient (Wildman–Crippen LogP) is 5.87. The quantitative estimate of drug-likeness (QED) is 0.315. The van der Waals surface area contributed by atoms with Gasteiger partial charge in [-0.15, -0.1) is 11.3 Å². The fraction of sp³-hybridized carbons (Fsp3) is 0.345. The molecule has 2 aliphatic rings. The zero-order valence-electron chi connectivity index (χ0n) is 21.6. The van der Waals surface area contributed by atoms with Crippen molar-refractivity contribution >= 4 is 50.6 Å². The molecule has 1 amide bonds. The van der Waals surface area contributed by atoms with Gasteiger partial charge in [-0.3, -0.25) is 9.69 Å². The van der Waals surface area contributed by atoms with Crippen LogP contribution < -0.4 is 15.0 Å². The Kier molecular flexibility index (Phi) is 7.38. The molecule has 1 N–H and O–H groups in total. The molecule has 1 fully saturated rings. The summed E-state index contributed by atoms with van der Waals surface area (Å²) in [5.74, 6) is 0.985. The van der Waals surface area contributed by atoms with Gasteiger partial charge in [-0.2, -0.15) is 0 Å². The molecule has 1 unspecified atom stereocenters. The van der Waals surface area contributed by atoms with Crippen LogP contribution in [0.4, 0.5) is 15.9 Å². The molecule has 1 atom stereocenters. The summed E-state index contributed by atoms with van der Waals surface area (Å²) in [6.07, 6.45) is 6.29. The molecular weight excluding hydrogens is 537 g/mol. The van der Waals surface area contributed by atoms with Gasteiger partial charge < -0.3 is 15.0 Å². The highest BCUT2D eigenvalue weighted by Crippen LogP contribution is 2.40. The molecule has 1 saturated heterocycles. The molecule has 0 bridgehead atoms. The number of rotatable bonds is 6. The maximum absolute atomic E-state index is 14.0. The Hall–Kier alpha value is -3.27. The third kappa shape index (κ3) is 5.18. The fourth-order valence-corrected chi connectivity index (χ4v) is 7.01. The van der Waals surface area contributed by atoms with E-state index in [4.69, 9.17) is 21.3 Å². The molecule has 6 rings (SSSR count). The number of aromatic nitrogens is 2. The number of thiophene rings is 1. The molecular formula is C29H29ClFN5O2S. The summed E-state index contributed by atoms with van der Waals surface area (Å²) < 4.78 is 19.2. The van der Waals surface area contributed by atoms with Gasteiger partial charge in [-0.1, -0.05) is 17.7 Å². The third-order valence-electron chi connectivity index (χ3n) is 7.58. The Morgan fingerprint density at radius 2 is 1.85 bits per heavy atom. The molecule has 4 aromatic rings. The molecule has 39 heavy (non-hydrogen) atoms. The molecule has 2 aromatic heterocycles. The number of amides is 1. The molecule has 10 heteroatoms. The van der Waals surface area contributed by atoms with Crippen LogP contribution in [0.1, 0.15) is 34.9 Å². The number of benzene rings is 2. The summed E-state index contributed by atoms with van der Waals surface area (Å²) >= 11 is 7.94. The average molecular weight is 566 g/mol. The molecule has 0 radical (unpaired) electrons. The normalized spacial score (nSPS) is 16.6. The molecule has 2 aromatic carbocycles. The Morgan fingerprint density at radius 1 is 1.08 bits per heavy atom. The summed E-state index contributed by atoms with van der Waals surface area (Å²) in [6, 6.07) is 11.1. The van der Waals surface area contributed by atoms with Crippen LogP contribution in [0, 0.1) is 5.82 Å². The van der Waals surface area contributed by atoms with Gasteiger partial charge in [0.25, 0.3) is 0 Å². The number of methoxy groups -OCH3 is 1. The van der Waals surface area contributed by atoms with E-state index in [-0.39, 0.29) is 10.9 Å². The largest absolute Gasteiger partial charge is 0.497 e. The number of hydrogen-bond acceptors (Lipinski definition) is 7. The second kappa shape index (κ2) is 11.1. The minimum absolute atomic E-state index is 0.000933. The van der Waals surface area contributed by atoms with Gasteiger partial charge in [0.05, 0.1) is 17.5 Å². The van der Waals surface area contributed by atoms with Crippen LogP contribution in [0.3, 0.4) is 0 Å². The van der Waals surface area contributed by atoms with E-state index >= 15 is 0 Å². The van der Waals surface area contributed by atoms with Crippen molar-refractivity contribution in [1.82, 2.24) is 14.9 Å². The number of halogens is 2. The monoisotopic (exact) mass is 565 g/mol. The van der Waals surface area contributed by atoms with Crippen molar-refractivity contribution in [3.63, 3.8) is 0 Å². The van der Waals surface area contributed by atoms with Gasteiger partial charge in [0.15, 0.2) is 0 Å². The van der Waals surface area contributed by atoms with Gasteiger partial charge in [0.2, 0.25) is 5.91 Å². The molecule has 0 spiro atoms. The van der Waals surface area contributed by atoms with Crippen molar-refractivity contribution in [2.45, 2.75) is 31.7 Å².